The summed E-state index contributed by atoms with van der Waals surface area (Å²) in [6.45, 7) is 3.80. The number of carbonyl (C=O) groups excluding carboxylic acids is 1. The Morgan fingerprint density at radius 2 is 2.05 bits per heavy atom. The number of ketones is 1. The van der Waals surface area contributed by atoms with Gasteiger partial charge in [0.2, 0.25) is 0 Å². The third-order valence-electron chi connectivity index (χ3n) is 3.76. The summed E-state index contributed by atoms with van der Waals surface area (Å²) in [6, 6.07) is 0. The van der Waals surface area contributed by atoms with E-state index in [0.29, 0.717) is 18.8 Å². The Morgan fingerprint density at radius 3 is 2.65 bits per heavy atom. The van der Waals surface area contributed by atoms with Gasteiger partial charge in [0.15, 0.2) is 5.78 Å². The van der Waals surface area contributed by atoms with Gasteiger partial charge in [0.1, 0.15) is 0 Å². The monoisotopic (exact) mass is 410 g/mol. The largest absolute Gasteiger partial charge is 0.389 e. The van der Waals surface area contributed by atoms with Gasteiger partial charge in [0.05, 0.1) is 6.10 Å². The van der Waals surface area contributed by atoms with Crippen LogP contribution in [0.1, 0.15) is 51.4 Å². The molecule has 1 fully saturated rings. The minimum Gasteiger partial charge on any atom is -0.389 e. The van der Waals surface area contributed by atoms with Gasteiger partial charge in [-0.25, -0.2) is 0 Å². The fourth-order valence-electron chi connectivity index (χ4n) is 2.56. The zero-order valence-corrected chi connectivity index (χ0v) is 14.8. The van der Waals surface area contributed by atoms with Crippen LogP contribution in [0.5, 0.6) is 0 Å². The fraction of sp³-hybridized carbons (Fsp3) is 0.688. The number of allylic oxidation sites excluding steroid dienone is 2. The predicted octanol–water partition coefficient (Wildman–Crippen LogP) is 4.78. The molecule has 20 heavy (non-hydrogen) atoms. The lowest BCUT2D eigenvalue weighted by Gasteiger charge is -2.24. The summed E-state index contributed by atoms with van der Waals surface area (Å²) >= 11 is 8.27. The highest BCUT2D eigenvalue weighted by Crippen LogP contribution is 2.27. The van der Waals surface area contributed by atoms with Crippen molar-refractivity contribution in [2.45, 2.75) is 62.8 Å². The molecule has 0 aromatic carbocycles. The fourth-order valence-corrected chi connectivity index (χ4v) is 3.65. The lowest BCUT2D eigenvalue weighted by molar-refractivity contribution is -0.114. The Bertz CT molecular complexity index is 348. The molecule has 2 unspecified atom stereocenters. The maximum Gasteiger partial charge on any atom is 0.155 e. The number of hydrogen-bond acceptors (Lipinski definition) is 2. The molecule has 0 aromatic rings. The summed E-state index contributed by atoms with van der Waals surface area (Å²) in [5.41, 5.74) is 0. The lowest BCUT2D eigenvalue weighted by Crippen LogP contribution is -2.20. The number of alkyl halides is 1. The summed E-state index contributed by atoms with van der Waals surface area (Å²) in [4.78, 5) is 11.7. The Labute approximate surface area is 140 Å². The molecule has 1 saturated carbocycles. The first-order valence-corrected chi connectivity index (χ1v) is 8.87. The average molecular weight is 411 g/mol. The molecule has 0 heterocycles. The third kappa shape index (κ3) is 7.79. The smallest absolute Gasteiger partial charge is 0.155 e. The van der Waals surface area contributed by atoms with Gasteiger partial charge in [0, 0.05) is 11.8 Å². The zero-order valence-electron chi connectivity index (χ0n) is 11.9. The van der Waals surface area contributed by atoms with Crippen LogP contribution in [0.15, 0.2) is 22.3 Å². The van der Waals surface area contributed by atoms with E-state index >= 15 is 0 Å². The molecule has 1 N–H and O–H groups in total. The highest BCUT2D eigenvalue weighted by molar-refractivity contribution is 14.1. The number of aliphatic hydroxyl groups is 1. The van der Waals surface area contributed by atoms with E-state index < -0.39 is 6.10 Å². The van der Waals surface area contributed by atoms with Crippen molar-refractivity contribution in [3.63, 3.8) is 0 Å². The van der Waals surface area contributed by atoms with Crippen LogP contribution in [0.2, 0.25) is 0 Å². The lowest BCUT2D eigenvalue weighted by atomic mass is 9.85. The van der Waals surface area contributed by atoms with Gasteiger partial charge in [-0.15, -0.1) is 11.6 Å². The molecule has 1 rings (SSSR count). The second kappa shape index (κ2) is 9.96. The van der Waals surface area contributed by atoms with Crippen molar-refractivity contribution in [1.29, 1.82) is 0 Å². The minimum absolute atomic E-state index is 0.0278. The van der Waals surface area contributed by atoms with Gasteiger partial charge in [-0.1, -0.05) is 31.9 Å². The first kappa shape index (κ1) is 18.2. The first-order chi connectivity index (χ1) is 9.49. The maximum atomic E-state index is 11.7. The second-order valence-corrected chi connectivity index (χ2v) is 7.71. The minimum atomic E-state index is -0.472. The number of hydrogen-bond donors (Lipinski definition) is 1. The standard InChI is InChI=1S/C16H24ClIO2/c1-12(18)11-14(17)7-8-15(19)9-10-16(20)13-5-3-2-4-6-13/h9-10,13-14,16,20H,1-8,11H2. The molecule has 1 aliphatic rings. The van der Waals surface area contributed by atoms with E-state index in [1.54, 1.807) is 6.08 Å². The van der Waals surface area contributed by atoms with E-state index in [2.05, 4.69) is 29.2 Å². The summed E-state index contributed by atoms with van der Waals surface area (Å²) in [5, 5.41) is 10.0. The van der Waals surface area contributed by atoms with Crippen LogP contribution in [-0.4, -0.2) is 22.4 Å². The molecule has 2 nitrogen and oxygen atoms in total. The Hall–Kier alpha value is 0.130. The van der Waals surface area contributed by atoms with Crippen LogP contribution in [0.3, 0.4) is 0 Å². The summed E-state index contributed by atoms with van der Waals surface area (Å²) in [5.74, 6) is 0.375. The van der Waals surface area contributed by atoms with Gasteiger partial charge in [-0.3, -0.25) is 4.79 Å². The van der Waals surface area contributed by atoms with Crippen molar-refractivity contribution >= 4 is 40.0 Å². The predicted molar refractivity (Wildman–Crippen MR) is 93.4 cm³/mol. The van der Waals surface area contributed by atoms with Crippen LogP contribution in [-0.2, 0) is 4.79 Å². The molecule has 4 heteroatoms. The highest BCUT2D eigenvalue weighted by Gasteiger charge is 2.19. The third-order valence-corrected chi connectivity index (χ3v) is 4.57. The molecule has 0 radical (unpaired) electrons. The Morgan fingerprint density at radius 1 is 1.40 bits per heavy atom. The van der Waals surface area contributed by atoms with Gasteiger partial charge in [-0.2, -0.15) is 0 Å². The molecular weight excluding hydrogens is 387 g/mol. The number of carbonyl (C=O) groups is 1. The molecule has 0 aliphatic heterocycles. The summed E-state index contributed by atoms with van der Waals surface area (Å²) in [7, 11) is 0. The molecule has 114 valence electrons. The van der Waals surface area contributed by atoms with Crippen molar-refractivity contribution in [1.82, 2.24) is 0 Å². The van der Waals surface area contributed by atoms with E-state index in [-0.39, 0.29) is 11.2 Å². The molecule has 0 bridgehead atoms. The highest BCUT2D eigenvalue weighted by atomic mass is 127. The Balaban J connectivity index is 2.26. The number of aliphatic hydroxyl groups excluding tert-OH is 1. The van der Waals surface area contributed by atoms with E-state index in [4.69, 9.17) is 11.6 Å². The molecule has 1 aliphatic carbocycles. The van der Waals surface area contributed by atoms with Crippen LogP contribution in [0.25, 0.3) is 0 Å². The van der Waals surface area contributed by atoms with Gasteiger partial charge < -0.3 is 5.11 Å². The van der Waals surface area contributed by atoms with Crippen molar-refractivity contribution in [2.75, 3.05) is 0 Å². The molecule has 0 amide bonds. The van der Waals surface area contributed by atoms with E-state index in [1.807, 2.05) is 0 Å². The molecule has 0 spiro atoms. The zero-order chi connectivity index (χ0) is 15.0. The first-order valence-electron chi connectivity index (χ1n) is 7.35. The number of rotatable bonds is 8. The summed E-state index contributed by atoms with van der Waals surface area (Å²) in [6.07, 6.45) is 10.4. The molecule has 2 atom stereocenters. The van der Waals surface area contributed by atoms with Gasteiger partial charge in [-0.05, 0) is 63.8 Å². The SMILES string of the molecule is C=C(I)CC(Cl)CCC(=O)C=CC(O)C1CCCCC1. The molecule has 0 aromatic heterocycles. The summed E-state index contributed by atoms with van der Waals surface area (Å²) < 4.78 is 1.01. The van der Waals surface area contributed by atoms with Crippen LogP contribution in [0, 0.1) is 5.92 Å². The van der Waals surface area contributed by atoms with Crippen molar-refractivity contribution in [3.8, 4) is 0 Å². The molecular formula is C16H24ClIO2. The number of halogens is 2. The van der Waals surface area contributed by atoms with E-state index in [9.17, 15) is 9.90 Å². The van der Waals surface area contributed by atoms with Gasteiger partial charge >= 0.3 is 0 Å². The van der Waals surface area contributed by atoms with E-state index in [0.717, 1.165) is 22.8 Å². The van der Waals surface area contributed by atoms with Crippen LogP contribution in [0.4, 0.5) is 0 Å². The van der Waals surface area contributed by atoms with Crippen LogP contribution < -0.4 is 0 Å². The quantitative estimate of drug-likeness (QED) is 0.355. The van der Waals surface area contributed by atoms with Crippen molar-refractivity contribution in [3.05, 3.63) is 22.3 Å². The van der Waals surface area contributed by atoms with E-state index in [1.165, 1.54) is 25.3 Å². The van der Waals surface area contributed by atoms with Crippen molar-refractivity contribution < 1.29 is 9.90 Å². The Kier molecular flexibility index (Phi) is 9.05. The van der Waals surface area contributed by atoms with Gasteiger partial charge in [0.25, 0.3) is 0 Å². The average Bonchev–Trinajstić information content (AvgIpc) is 2.42. The maximum absolute atomic E-state index is 11.7. The molecule has 0 saturated heterocycles. The van der Waals surface area contributed by atoms with Crippen LogP contribution >= 0.6 is 34.2 Å². The normalized spacial score (nSPS) is 19.9. The second-order valence-electron chi connectivity index (χ2n) is 5.57. The van der Waals surface area contributed by atoms with Crippen molar-refractivity contribution in [2.24, 2.45) is 5.92 Å². The topological polar surface area (TPSA) is 37.3 Å².